The van der Waals surface area contributed by atoms with Gasteiger partial charge in [0.05, 0.1) is 11.1 Å². The van der Waals surface area contributed by atoms with Crippen LogP contribution in [-0.2, 0) is 6.18 Å². The van der Waals surface area contributed by atoms with Gasteiger partial charge in [-0.05, 0) is 31.2 Å². The first kappa shape index (κ1) is 15.9. The van der Waals surface area contributed by atoms with E-state index in [0.717, 1.165) is 16.7 Å². The summed E-state index contributed by atoms with van der Waals surface area (Å²) >= 11 is 0. The van der Waals surface area contributed by atoms with Crippen LogP contribution >= 0.6 is 0 Å². The van der Waals surface area contributed by atoms with E-state index in [9.17, 15) is 22.4 Å². The van der Waals surface area contributed by atoms with Gasteiger partial charge in [-0.1, -0.05) is 6.07 Å². The number of hydrogen-bond donors (Lipinski definition) is 1. The molecule has 2 N–H and O–H groups in total. The third-order valence-electron chi connectivity index (χ3n) is 3.54. The van der Waals surface area contributed by atoms with E-state index in [1.54, 1.807) is 0 Å². The van der Waals surface area contributed by atoms with Crippen LogP contribution in [0.2, 0.25) is 0 Å². The summed E-state index contributed by atoms with van der Waals surface area (Å²) in [5.74, 6) is -0.863. The Hall–Kier alpha value is -2.97. The van der Waals surface area contributed by atoms with Gasteiger partial charge in [0, 0.05) is 5.56 Å². The van der Waals surface area contributed by atoms with Gasteiger partial charge in [0.1, 0.15) is 17.3 Å². The summed E-state index contributed by atoms with van der Waals surface area (Å²) in [7, 11) is 0. The predicted octanol–water partition coefficient (Wildman–Crippen LogP) is 2.83. The zero-order valence-corrected chi connectivity index (χ0v) is 12.2. The van der Waals surface area contributed by atoms with Gasteiger partial charge in [-0.25, -0.2) is 18.7 Å². The van der Waals surface area contributed by atoms with Gasteiger partial charge in [-0.15, -0.1) is 0 Å². The molecule has 3 rings (SSSR count). The lowest BCUT2D eigenvalue weighted by Gasteiger charge is -2.14. The normalized spacial score (nSPS) is 11.9. The van der Waals surface area contributed by atoms with Crippen LogP contribution in [0.15, 0.2) is 35.1 Å². The van der Waals surface area contributed by atoms with Crippen LogP contribution in [0.1, 0.15) is 11.3 Å². The van der Waals surface area contributed by atoms with Crippen LogP contribution in [0.3, 0.4) is 0 Å². The molecule has 124 valence electrons. The molecular formula is C15H10F4N4O. The predicted molar refractivity (Wildman–Crippen MR) is 79.2 cm³/mol. The molecule has 0 aliphatic heterocycles. The number of halogens is 4. The number of anilines is 1. The van der Waals surface area contributed by atoms with Gasteiger partial charge in [0.25, 0.3) is 0 Å². The van der Waals surface area contributed by atoms with Crippen molar-refractivity contribution in [1.29, 1.82) is 0 Å². The average Bonchev–Trinajstić information content (AvgIpc) is 2.50. The van der Waals surface area contributed by atoms with Crippen LogP contribution in [0.25, 0.3) is 16.7 Å². The van der Waals surface area contributed by atoms with Crippen LogP contribution in [-0.4, -0.2) is 14.5 Å². The summed E-state index contributed by atoms with van der Waals surface area (Å²) < 4.78 is 53.4. The Balaban J connectivity index is 2.47. The highest BCUT2D eigenvalue weighted by molar-refractivity contribution is 5.86. The molecule has 3 aromatic rings. The summed E-state index contributed by atoms with van der Waals surface area (Å²) in [5, 5.41) is 0.0614. The first-order chi connectivity index (χ1) is 11.2. The molecule has 0 aliphatic carbocycles. The molecule has 0 aliphatic rings. The Kier molecular flexibility index (Phi) is 3.51. The SMILES string of the molecule is Cc1c(F)cccc1-n1c(=O)nc(N)c2ccc(C(F)(F)F)nc21. The second-order valence-corrected chi connectivity index (χ2v) is 5.06. The lowest BCUT2D eigenvalue weighted by molar-refractivity contribution is -0.141. The van der Waals surface area contributed by atoms with E-state index in [1.165, 1.54) is 25.1 Å². The molecule has 2 heterocycles. The van der Waals surface area contributed by atoms with Crippen LogP contribution in [0, 0.1) is 12.7 Å². The maximum absolute atomic E-state index is 13.8. The molecule has 9 heteroatoms. The Bertz CT molecular complexity index is 1010. The molecule has 0 unspecified atom stereocenters. The van der Waals surface area contributed by atoms with Crippen molar-refractivity contribution in [2.24, 2.45) is 0 Å². The fourth-order valence-electron chi connectivity index (χ4n) is 2.34. The van der Waals surface area contributed by atoms with Gasteiger partial charge >= 0.3 is 11.9 Å². The molecule has 2 aromatic heterocycles. The van der Waals surface area contributed by atoms with Gasteiger partial charge in [0.2, 0.25) is 0 Å². The Morgan fingerprint density at radius 2 is 1.83 bits per heavy atom. The smallest absolute Gasteiger partial charge is 0.383 e. The molecule has 0 amide bonds. The Labute approximate surface area is 132 Å². The number of nitrogen functional groups attached to an aromatic ring is 1. The van der Waals surface area contributed by atoms with E-state index >= 15 is 0 Å². The second-order valence-electron chi connectivity index (χ2n) is 5.06. The third-order valence-corrected chi connectivity index (χ3v) is 3.54. The maximum Gasteiger partial charge on any atom is 0.433 e. The largest absolute Gasteiger partial charge is 0.433 e. The number of nitrogens with two attached hydrogens (primary N) is 1. The molecule has 1 aromatic carbocycles. The fourth-order valence-corrected chi connectivity index (χ4v) is 2.34. The van der Waals surface area contributed by atoms with Crippen molar-refractivity contribution in [3.8, 4) is 5.69 Å². The first-order valence-electron chi connectivity index (χ1n) is 6.72. The zero-order chi connectivity index (χ0) is 17.6. The number of nitrogens with zero attached hydrogens (tertiary/aromatic N) is 3. The number of pyridine rings is 1. The maximum atomic E-state index is 13.8. The quantitative estimate of drug-likeness (QED) is 0.693. The average molecular weight is 338 g/mol. The number of hydrogen-bond acceptors (Lipinski definition) is 4. The van der Waals surface area contributed by atoms with E-state index in [4.69, 9.17) is 5.73 Å². The summed E-state index contributed by atoms with van der Waals surface area (Å²) in [5.41, 5.74) is 3.26. The highest BCUT2D eigenvalue weighted by atomic mass is 19.4. The van der Waals surface area contributed by atoms with Crippen LogP contribution in [0.5, 0.6) is 0 Å². The highest BCUT2D eigenvalue weighted by Gasteiger charge is 2.33. The summed E-state index contributed by atoms with van der Waals surface area (Å²) in [6, 6.07) is 5.72. The van der Waals surface area contributed by atoms with Crippen molar-refractivity contribution in [2.75, 3.05) is 5.73 Å². The van der Waals surface area contributed by atoms with Gasteiger partial charge in [-0.2, -0.15) is 18.2 Å². The fraction of sp³-hybridized carbons (Fsp3) is 0.133. The minimum atomic E-state index is -4.70. The highest BCUT2D eigenvalue weighted by Crippen LogP contribution is 2.30. The van der Waals surface area contributed by atoms with Gasteiger partial charge in [0.15, 0.2) is 5.65 Å². The molecule has 0 saturated carbocycles. The van der Waals surface area contributed by atoms with Crippen molar-refractivity contribution in [3.05, 3.63) is 57.9 Å². The topological polar surface area (TPSA) is 73.8 Å². The number of aromatic nitrogens is 3. The van der Waals surface area contributed by atoms with Crippen molar-refractivity contribution >= 4 is 16.9 Å². The third kappa shape index (κ3) is 2.47. The van der Waals surface area contributed by atoms with Crippen molar-refractivity contribution in [3.63, 3.8) is 0 Å². The molecule has 5 nitrogen and oxygen atoms in total. The van der Waals surface area contributed by atoms with Crippen LogP contribution < -0.4 is 11.4 Å². The Morgan fingerprint density at radius 1 is 1.12 bits per heavy atom. The van der Waals surface area contributed by atoms with E-state index in [2.05, 4.69) is 9.97 Å². The summed E-state index contributed by atoms with van der Waals surface area (Å²) in [6.45, 7) is 1.40. The van der Waals surface area contributed by atoms with Gasteiger partial charge in [-0.3, -0.25) is 0 Å². The molecule has 0 atom stereocenters. The molecule has 0 saturated heterocycles. The first-order valence-corrected chi connectivity index (χ1v) is 6.72. The van der Waals surface area contributed by atoms with Gasteiger partial charge < -0.3 is 5.73 Å². The number of benzene rings is 1. The van der Waals surface area contributed by atoms with E-state index in [1.807, 2.05) is 0 Å². The van der Waals surface area contributed by atoms with Crippen molar-refractivity contribution in [1.82, 2.24) is 14.5 Å². The zero-order valence-electron chi connectivity index (χ0n) is 12.2. The summed E-state index contributed by atoms with van der Waals surface area (Å²) in [6.07, 6.45) is -4.70. The lowest BCUT2D eigenvalue weighted by Crippen LogP contribution is -2.25. The second kappa shape index (κ2) is 5.29. The molecule has 24 heavy (non-hydrogen) atoms. The number of fused-ring (bicyclic) bond motifs is 1. The monoisotopic (exact) mass is 338 g/mol. The van der Waals surface area contributed by atoms with Crippen LogP contribution in [0.4, 0.5) is 23.4 Å². The van der Waals surface area contributed by atoms with Crippen molar-refractivity contribution < 1.29 is 17.6 Å². The number of rotatable bonds is 1. The van der Waals surface area contributed by atoms with E-state index < -0.39 is 23.4 Å². The minimum Gasteiger partial charge on any atom is -0.383 e. The standard InChI is InChI=1S/C15H10F4N4O/c1-7-9(16)3-2-4-10(7)23-13-8(12(20)22-14(23)24)5-6-11(21-13)15(17,18)19/h2-6H,1H3,(H2,20,22,24). The molecule has 0 fully saturated rings. The van der Waals surface area contributed by atoms with E-state index in [0.29, 0.717) is 0 Å². The minimum absolute atomic E-state index is 0.0457. The Morgan fingerprint density at radius 3 is 2.50 bits per heavy atom. The lowest BCUT2D eigenvalue weighted by atomic mass is 10.1. The van der Waals surface area contributed by atoms with Crippen molar-refractivity contribution in [2.45, 2.75) is 13.1 Å². The molecule has 0 spiro atoms. The molecular weight excluding hydrogens is 328 g/mol. The summed E-state index contributed by atoms with van der Waals surface area (Å²) in [4.78, 5) is 19.3. The molecule has 0 radical (unpaired) electrons. The molecule has 0 bridgehead atoms. The van der Waals surface area contributed by atoms with E-state index in [-0.39, 0.29) is 28.1 Å². The number of alkyl halides is 3.